The van der Waals surface area contributed by atoms with E-state index >= 15 is 0 Å². The Bertz CT molecular complexity index is 994. The van der Waals surface area contributed by atoms with Crippen molar-refractivity contribution in [1.29, 1.82) is 0 Å². The van der Waals surface area contributed by atoms with E-state index in [0.717, 1.165) is 30.5 Å². The molecular formula is C22H25N5O2S. The average Bonchev–Trinajstić information content (AvgIpc) is 3.23. The highest BCUT2D eigenvalue weighted by Gasteiger charge is 2.29. The molecule has 156 valence electrons. The predicted octanol–water partition coefficient (Wildman–Crippen LogP) is 3.88. The van der Waals surface area contributed by atoms with Crippen LogP contribution in [0.25, 0.3) is 0 Å². The summed E-state index contributed by atoms with van der Waals surface area (Å²) in [5.74, 6) is 1.49. The van der Waals surface area contributed by atoms with Gasteiger partial charge in [0, 0.05) is 43.6 Å². The molecule has 1 aliphatic heterocycles. The molecule has 1 atom stereocenters. The molecular weight excluding hydrogens is 398 g/mol. The van der Waals surface area contributed by atoms with Gasteiger partial charge in [-0.15, -0.1) is 0 Å². The van der Waals surface area contributed by atoms with Gasteiger partial charge in [0.25, 0.3) is 0 Å². The Morgan fingerprint density at radius 3 is 2.70 bits per heavy atom. The topological polar surface area (TPSA) is 70.6 Å². The van der Waals surface area contributed by atoms with Crippen LogP contribution in [-0.4, -0.2) is 53.1 Å². The maximum atomic E-state index is 12.8. The zero-order chi connectivity index (χ0) is 20.9. The van der Waals surface area contributed by atoms with E-state index in [0.29, 0.717) is 18.0 Å². The zero-order valence-corrected chi connectivity index (χ0v) is 17.9. The number of para-hydroxylation sites is 2. The van der Waals surface area contributed by atoms with Crippen molar-refractivity contribution in [3.05, 3.63) is 66.0 Å². The fourth-order valence-corrected chi connectivity index (χ4v) is 4.31. The first-order valence-electron chi connectivity index (χ1n) is 9.96. The van der Waals surface area contributed by atoms with Gasteiger partial charge in [-0.05, 0) is 24.6 Å². The van der Waals surface area contributed by atoms with E-state index in [1.54, 1.807) is 7.11 Å². The van der Waals surface area contributed by atoms with Gasteiger partial charge in [-0.1, -0.05) is 42.5 Å². The Morgan fingerprint density at radius 2 is 1.93 bits per heavy atom. The number of hydrogen-bond acceptors (Lipinski definition) is 6. The van der Waals surface area contributed by atoms with Crippen LogP contribution in [0.2, 0.25) is 0 Å². The van der Waals surface area contributed by atoms with E-state index in [4.69, 9.17) is 9.72 Å². The molecule has 4 rings (SSSR count). The summed E-state index contributed by atoms with van der Waals surface area (Å²) in [5.41, 5.74) is 1.88. The number of piperazine rings is 1. The molecule has 0 aliphatic carbocycles. The minimum absolute atomic E-state index is 0.0509. The number of nitrogens with zero attached hydrogens (tertiary/aromatic N) is 4. The van der Waals surface area contributed by atoms with Crippen molar-refractivity contribution in [2.24, 2.45) is 0 Å². The number of rotatable bonds is 5. The minimum atomic E-state index is -0.117. The smallest absolute Gasteiger partial charge is 0.322 e. The molecule has 30 heavy (non-hydrogen) atoms. The molecule has 8 heteroatoms. The summed E-state index contributed by atoms with van der Waals surface area (Å²) < 4.78 is 9.85. The lowest BCUT2D eigenvalue weighted by Crippen LogP contribution is -2.55. The monoisotopic (exact) mass is 423 g/mol. The normalized spacial score (nSPS) is 16.4. The number of carbonyl (C=O) groups excluding carboxylic acids is 1. The Kier molecular flexibility index (Phi) is 6.13. The quantitative estimate of drug-likeness (QED) is 0.674. The van der Waals surface area contributed by atoms with Crippen molar-refractivity contribution in [3.63, 3.8) is 0 Å². The van der Waals surface area contributed by atoms with Crippen LogP contribution in [0.15, 0.2) is 54.6 Å². The van der Waals surface area contributed by atoms with Crippen molar-refractivity contribution in [3.8, 4) is 5.75 Å². The Hall–Kier alpha value is -3.13. The van der Waals surface area contributed by atoms with E-state index in [-0.39, 0.29) is 12.1 Å². The average molecular weight is 424 g/mol. The fraction of sp³-hybridized carbons (Fsp3) is 0.318. The largest absolute Gasteiger partial charge is 0.495 e. The number of urea groups is 1. The van der Waals surface area contributed by atoms with Crippen LogP contribution in [0.1, 0.15) is 18.3 Å². The minimum Gasteiger partial charge on any atom is -0.495 e. The number of amides is 2. The standard InChI is InChI=1S/C22H25N5O2S/c1-16-15-26(22-24-20(25-30-22)14-17-8-4-3-5-9-17)12-13-27(16)21(28)23-18-10-6-7-11-19(18)29-2/h3-11,16H,12-15H2,1-2H3,(H,23,28). The Labute approximate surface area is 180 Å². The Morgan fingerprint density at radius 1 is 1.17 bits per heavy atom. The molecule has 0 saturated carbocycles. The molecule has 2 heterocycles. The summed E-state index contributed by atoms with van der Waals surface area (Å²) in [7, 11) is 1.60. The van der Waals surface area contributed by atoms with Gasteiger partial charge in [-0.25, -0.2) is 9.78 Å². The van der Waals surface area contributed by atoms with Crippen molar-refractivity contribution < 1.29 is 9.53 Å². The number of methoxy groups -OCH3 is 1. The molecule has 1 aromatic heterocycles. The lowest BCUT2D eigenvalue weighted by Gasteiger charge is -2.39. The molecule has 1 N–H and O–H groups in total. The maximum absolute atomic E-state index is 12.8. The summed E-state index contributed by atoms with van der Waals surface area (Å²) in [4.78, 5) is 21.6. The molecule has 3 aromatic rings. The third-order valence-corrected chi connectivity index (χ3v) is 5.98. The molecule has 2 aromatic carbocycles. The van der Waals surface area contributed by atoms with Crippen molar-refractivity contribution >= 4 is 28.4 Å². The van der Waals surface area contributed by atoms with Gasteiger partial charge in [0.15, 0.2) is 0 Å². The number of nitrogens with one attached hydrogen (secondary N) is 1. The van der Waals surface area contributed by atoms with Crippen LogP contribution < -0.4 is 15.0 Å². The number of benzene rings is 2. The highest BCUT2D eigenvalue weighted by molar-refractivity contribution is 7.09. The van der Waals surface area contributed by atoms with Crippen molar-refractivity contribution in [1.82, 2.24) is 14.3 Å². The first-order valence-corrected chi connectivity index (χ1v) is 10.7. The lowest BCUT2D eigenvalue weighted by atomic mass is 10.1. The van der Waals surface area contributed by atoms with Crippen LogP contribution >= 0.6 is 11.5 Å². The van der Waals surface area contributed by atoms with Crippen LogP contribution in [0, 0.1) is 0 Å². The Balaban J connectivity index is 1.37. The van der Waals surface area contributed by atoms with Gasteiger partial charge >= 0.3 is 6.03 Å². The summed E-state index contributed by atoms with van der Waals surface area (Å²) in [6.45, 7) is 4.12. The number of aromatic nitrogens is 2. The van der Waals surface area contributed by atoms with E-state index in [1.807, 2.05) is 47.4 Å². The number of anilines is 2. The van der Waals surface area contributed by atoms with Gasteiger partial charge in [-0.3, -0.25) is 0 Å². The molecule has 1 fully saturated rings. The summed E-state index contributed by atoms with van der Waals surface area (Å²) in [5, 5.41) is 3.88. The molecule has 0 bridgehead atoms. The molecule has 2 amide bonds. The van der Waals surface area contributed by atoms with Gasteiger partial charge in [-0.2, -0.15) is 4.37 Å². The van der Waals surface area contributed by atoms with Crippen LogP contribution in [0.3, 0.4) is 0 Å². The van der Waals surface area contributed by atoms with Crippen LogP contribution in [0.5, 0.6) is 5.75 Å². The molecule has 1 aliphatic rings. The van der Waals surface area contributed by atoms with Crippen LogP contribution in [0.4, 0.5) is 15.6 Å². The van der Waals surface area contributed by atoms with E-state index in [1.165, 1.54) is 17.1 Å². The van der Waals surface area contributed by atoms with E-state index in [9.17, 15) is 4.79 Å². The van der Waals surface area contributed by atoms with E-state index in [2.05, 4.69) is 33.6 Å². The van der Waals surface area contributed by atoms with Crippen molar-refractivity contribution in [2.75, 3.05) is 37.0 Å². The highest BCUT2D eigenvalue weighted by Crippen LogP contribution is 2.25. The first-order chi connectivity index (χ1) is 14.6. The molecule has 1 saturated heterocycles. The summed E-state index contributed by atoms with van der Waals surface area (Å²) in [6.07, 6.45) is 0.730. The van der Waals surface area contributed by atoms with Crippen LogP contribution in [-0.2, 0) is 6.42 Å². The second-order valence-corrected chi connectivity index (χ2v) is 8.00. The number of hydrogen-bond donors (Lipinski definition) is 1. The lowest BCUT2D eigenvalue weighted by molar-refractivity contribution is 0.184. The second-order valence-electron chi connectivity index (χ2n) is 7.27. The first kappa shape index (κ1) is 20.2. The van der Waals surface area contributed by atoms with Crippen molar-refractivity contribution in [2.45, 2.75) is 19.4 Å². The van der Waals surface area contributed by atoms with Gasteiger partial charge in [0.1, 0.15) is 11.6 Å². The van der Waals surface area contributed by atoms with Gasteiger partial charge in [0.05, 0.1) is 12.8 Å². The molecule has 0 spiro atoms. The third kappa shape index (κ3) is 4.54. The van der Waals surface area contributed by atoms with Gasteiger partial charge < -0.3 is 19.9 Å². The summed E-state index contributed by atoms with van der Waals surface area (Å²) >= 11 is 1.42. The molecule has 0 radical (unpaired) electrons. The zero-order valence-electron chi connectivity index (χ0n) is 17.1. The number of ether oxygens (including phenoxy) is 1. The number of carbonyl (C=O) groups is 1. The SMILES string of the molecule is COc1ccccc1NC(=O)N1CCN(c2nc(Cc3ccccc3)ns2)CC1C. The fourth-order valence-electron chi connectivity index (χ4n) is 3.59. The summed E-state index contributed by atoms with van der Waals surface area (Å²) in [6, 6.07) is 17.6. The molecule has 7 nitrogen and oxygen atoms in total. The maximum Gasteiger partial charge on any atom is 0.322 e. The highest BCUT2D eigenvalue weighted by atomic mass is 32.1. The van der Waals surface area contributed by atoms with Gasteiger partial charge in [0.2, 0.25) is 5.13 Å². The molecule has 1 unspecified atom stereocenters. The predicted molar refractivity (Wildman–Crippen MR) is 120 cm³/mol. The second kappa shape index (κ2) is 9.13. The third-order valence-electron chi connectivity index (χ3n) is 5.17. The van der Waals surface area contributed by atoms with E-state index < -0.39 is 0 Å².